The number of furan rings is 1. The van der Waals surface area contributed by atoms with Crippen LogP contribution in [0.4, 0.5) is 10.2 Å². The molecule has 3 heterocycles. The summed E-state index contributed by atoms with van der Waals surface area (Å²) < 4.78 is 20.4. The maximum absolute atomic E-state index is 13.4. The Morgan fingerprint density at radius 3 is 2.45 bits per heavy atom. The first-order chi connectivity index (χ1) is 16.2. The van der Waals surface area contributed by atoms with Crippen molar-refractivity contribution in [3.05, 3.63) is 102 Å². The lowest BCUT2D eigenvalue weighted by molar-refractivity contribution is 0.0930. The molecule has 168 valence electrons. The molecule has 1 amide bonds. The fourth-order valence-electron chi connectivity index (χ4n) is 4.33. The summed E-state index contributed by atoms with van der Waals surface area (Å²) in [7, 11) is 0. The average Bonchev–Trinajstić information content (AvgIpc) is 3.55. The Labute approximate surface area is 191 Å². The second-order valence-electron chi connectivity index (χ2n) is 8.24. The fraction of sp³-hybridized carbons (Fsp3) is 0.231. The summed E-state index contributed by atoms with van der Waals surface area (Å²) in [5, 5.41) is 4.65. The molecule has 0 unspecified atom stereocenters. The third-order valence-corrected chi connectivity index (χ3v) is 6.04. The van der Waals surface area contributed by atoms with Crippen LogP contribution in [0.25, 0.3) is 5.69 Å². The predicted octanol–water partition coefficient (Wildman–Crippen LogP) is 4.92. The first kappa shape index (κ1) is 21.2. The molecule has 2 aromatic heterocycles. The van der Waals surface area contributed by atoms with E-state index in [0.29, 0.717) is 5.82 Å². The summed E-state index contributed by atoms with van der Waals surface area (Å²) in [4.78, 5) is 17.6. The Morgan fingerprint density at radius 2 is 1.76 bits per heavy atom. The van der Waals surface area contributed by atoms with E-state index in [9.17, 15) is 9.18 Å². The monoisotopic (exact) mass is 444 g/mol. The van der Waals surface area contributed by atoms with Crippen LogP contribution in [0.3, 0.4) is 0 Å². The molecule has 0 saturated carbocycles. The molecule has 5 rings (SSSR count). The second kappa shape index (κ2) is 9.42. The molecule has 2 aromatic carbocycles. The number of piperidine rings is 1. The molecule has 0 N–H and O–H groups in total. The van der Waals surface area contributed by atoms with E-state index in [4.69, 9.17) is 4.42 Å². The number of hydrogen-bond donors (Lipinski definition) is 0. The van der Waals surface area contributed by atoms with Crippen molar-refractivity contribution in [1.82, 2.24) is 14.7 Å². The topological polar surface area (TPSA) is 54.5 Å². The number of hydrogen-bond acceptors (Lipinski definition) is 4. The van der Waals surface area contributed by atoms with E-state index in [-0.39, 0.29) is 23.5 Å². The van der Waals surface area contributed by atoms with Gasteiger partial charge in [0, 0.05) is 37.9 Å². The molecule has 1 aliphatic rings. The van der Waals surface area contributed by atoms with Gasteiger partial charge in [-0.25, -0.2) is 9.07 Å². The molecule has 0 radical (unpaired) electrons. The van der Waals surface area contributed by atoms with Crippen LogP contribution in [0.5, 0.6) is 0 Å². The largest absolute Gasteiger partial charge is 0.459 e. The van der Waals surface area contributed by atoms with Crippen molar-refractivity contribution in [3.63, 3.8) is 0 Å². The van der Waals surface area contributed by atoms with Gasteiger partial charge in [0.2, 0.25) is 0 Å². The van der Waals surface area contributed by atoms with Crippen LogP contribution >= 0.6 is 0 Å². The molecular weight excluding hydrogens is 419 g/mol. The van der Waals surface area contributed by atoms with Crippen LogP contribution in [-0.4, -0.2) is 39.7 Å². The summed E-state index contributed by atoms with van der Waals surface area (Å²) in [6.07, 6.45) is 4.96. The zero-order chi connectivity index (χ0) is 22.6. The van der Waals surface area contributed by atoms with Crippen molar-refractivity contribution in [2.45, 2.75) is 25.4 Å². The molecule has 0 atom stereocenters. The minimum absolute atomic E-state index is 0.00573. The van der Waals surface area contributed by atoms with Gasteiger partial charge in [0.25, 0.3) is 5.91 Å². The second-order valence-corrected chi connectivity index (χ2v) is 8.24. The summed E-state index contributed by atoms with van der Waals surface area (Å²) in [6.45, 7) is 2.68. The van der Waals surface area contributed by atoms with E-state index in [2.05, 4.69) is 34.3 Å². The lowest BCUT2D eigenvalue weighted by Gasteiger charge is -2.37. The number of halogens is 1. The molecule has 0 bridgehead atoms. The molecule has 1 aliphatic heterocycles. The highest BCUT2D eigenvalue weighted by molar-refractivity contribution is 6.04. The van der Waals surface area contributed by atoms with Gasteiger partial charge in [-0.05, 0) is 54.8 Å². The highest BCUT2D eigenvalue weighted by atomic mass is 19.1. The molecule has 33 heavy (non-hydrogen) atoms. The van der Waals surface area contributed by atoms with Crippen molar-refractivity contribution in [2.75, 3.05) is 18.0 Å². The Balaban J connectivity index is 1.36. The van der Waals surface area contributed by atoms with Crippen LogP contribution in [0.1, 0.15) is 29.0 Å². The van der Waals surface area contributed by atoms with Gasteiger partial charge in [0.1, 0.15) is 5.82 Å². The molecule has 4 aromatic rings. The van der Waals surface area contributed by atoms with E-state index < -0.39 is 0 Å². The molecule has 1 fully saturated rings. The van der Waals surface area contributed by atoms with E-state index in [1.165, 1.54) is 24.0 Å². The first-order valence-electron chi connectivity index (χ1n) is 11.1. The standard InChI is InChI=1S/C26H25FN4O2/c27-21-8-10-22(11-9-21)30-17-14-25(28-30)31(26(32)24-7-4-18-33-24)23-12-15-29(16-13-23)19-20-5-2-1-3-6-20/h1-11,14,17-18,23H,12-13,15-16,19H2. The van der Waals surface area contributed by atoms with Crippen molar-refractivity contribution >= 4 is 11.7 Å². The number of benzene rings is 2. The van der Waals surface area contributed by atoms with Gasteiger partial charge < -0.3 is 4.42 Å². The molecule has 0 aliphatic carbocycles. The highest BCUT2D eigenvalue weighted by Gasteiger charge is 2.32. The van der Waals surface area contributed by atoms with Crippen LogP contribution in [0, 0.1) is 5.82 Å². The third-order valence-electron chi connectivity index (χ3n) is 6.04. The van der Waals surface area contributed by atoms with Crippen LogP contribution in [0.2, 0.25) is 0 Å². The maximum atomic E-state index is 13.4. The van der Waals surface area contributed by atoms with Gasteiger partial charge in [-0.2, -0.15) is 0 Å². The predicted molar refractivity (Wildman–Crippen MR) is 124 cm³/mol. The summed E-state index contributed by atoms with van der Waals surface area (Å²) in [6, 6.07) is 21.7. The van der Waals surface area contributed by atoms with Gasteiger partial charge in [-0.3, -0.25) is 14.6 Å². The Hall–Kier alpha value is -3.71. The van der Waals surface area contributed by atoms with E-state index in [1.54, 1.807) is 40.0 Å². The lowest BCUT2D eigenvalue weighted by Crippen LogP contribution is -2.47. The zero-order valence-electron chi connectivity index (χ0n) is 18.2. The summed E-state index contributed by atoms with van der Waals surface area (Å²) >= 11 is 0. The van der Waals surface area contributed by atoms with Crippen LogP contribution in [0.15, 0.2) is 89.7 Å². The summed E-state index contributed by atoms with van der Waals surface area (Å²) in [5.41, 5.74) is 2.02. The number of carbonyl (C=O) groups is 1. The van der Waals surface area contributed by atoms with E-state index in [0.717, 1.165) is 38.2 Å². The Morgan fingerprint density at radius 1 is 1.00 bits per heavy atom. The number of likely N-dealkylation sites (tertiary alicyclic amines) is 1. The smallest absolute Gasteiger partial charge is 0.295 e. The molecule has 6 nitrogen and oxygen atoms in total. The van der Waals surface area contributed by atoms with E-state index >= 15 is 0 Å². The van der Waals surface area contributed by atoms with Crippen LogP contribution < -0.4 is 4.90 Å². The van der Waals surface area contributed by atoms with Crippen LogP contribution in [-0.2, 0) is 6.54 Å². The minimum Gasteiger partial charge on any atom is -0.459 e. The SMILES string of the molecule is O=C(c1ccco1)N(c1ccn(-c2ccc(F)cc2)n1)C1CCN(Cc2ccccc2)CC1. The van der Waals surface area contributed by atoms with Gasteiger partial charge >= 0.3 is 0 Å². The fourth-order valence-corrected chi connectivity index (χ4v) is 4.33. The quantitative estimate of drug-likeness (QED) is 0.424. The maximum Gasteiger partial charge on any atom is 0.295 e. The molecule has 7 heteroatoms. The van der Waals surface area contributed by atoms with Gasteiger partial charge in [0.05, 0.1) is 12.0 Å². The van der Waals surface area contributed by atoms with Crippen molar-refractivity contribution in [3.8, 4) is 5.69 Å². The normalized spacial score (nSPS) is 14.9. The number of rotatable bonds is 6. The lowest BCUT2D eigenvalue weighted by atomic mass is 10.0. The molecule has 1 saturated heterocycles. The van der Waals surface area contributed by atoms with E-state index in [1.807, 2.05) is 12.1 Å². The number of carbonyl (C=O) groups excluding carboxylic acids is 1. The van der Waals surface area contributed by atoms with Crippen molar-refractivity contribution in [2.24, 2.45) is 0 Å². The van der Waals surface area contributed by atoms with Crippen molar-refractivity contribution < 1.29 is 13.6 Å². The summed E-state index contributed by atoms with van der Waals surface area (Å²) in [5.74, 6) is 0.342. The molecular formula is C26H25FN4O2. The number of anilines is 1. The Kier molecular flexibility index (Phi) is 6.04. The third kappa shape index (κ3) is 4.73. The highest BCUT2D eigenvalue weighted by Crippen LogP contribution is 2.26. The number of nitrogens with zero attached hydrogens (tertiary/aromatic N) is 4. The number of aromatic nitrogens is 2. The molecule has 0 spiro atoms. The first-order valence-corrected chi connectivity index (χ1v) is 11.1. The Bertz CT molecular complexity index is 1180. The number of amides is 1. The van der Waals surface area contributed by atoms with Gasteiger partial charge in [0.15, 0.2) is 11.6 Å². The average molecular weight is 445 g/mol. The minimum atomic E-state index is -0.303. The zero-order valence-corrected chi connectivity index (χ0v) is 18.2. The van der Waals surface area contributed by atoms with Crippen molar-refractivity contribution in [1.29, 1.82) is 0 Å². The van der Waals surface area contributed by atoms with Gasteiger partial charge in [-0.15, -0.1) is 5.10 Å². The van der Waals surface area contributed by atoms with Gasteiger partial charge in [-0.1, -0.05) is 30.3 Å².